The van der Waals surface area contributed by atoms with Crippen LogP contribution in [0.15, 0.2) is 60.8 Å². The van der Waals surface area contributed by atoms with Crippen molar-refractivity contribution >= 4 is 17.9 Å². The zero-order valence-electron chi connectivity index (χ0n) is 49.4. The van der Waals surface area contributed by atoms with E-state index in [-0.39, 0.29) is 31.1 Å². The van der Waals surface area contributed by atoms with Gasteiger partial charge in [-0.2, -0.15) is 0 Å². The van der Waals surface area contributed by atoms with Crippen molar-refractivity contribution in [3.63, 3.8) is 0 Å². The van der Waals surface area contributed by atoms with Gasteiger partial charge in [-0.3, -0.25) is 14.4 Å². The van der Waals surface area contributed by atoms with Crippen LogP contribution in [0.5, 0.6) is 0 Å². The van der Waals surface area contributed by atoms with Gasteiger partial charge in [-0.25, -0.2) is 0 Å². The smallest absolute Gasteiger partial charge is 0.306 e. The van der Waals surface area contributed by atoms with Crippen molar-refractivity contribution in [1.29, 1.82) is 0 Å². The summed E-state index contributed by atoms with van der Waals surface area (Å²) in [6, 6.07) is 0. The summed E-state index contributed by atoms with van der Waals surface area (Å²) in [6.45, 7) is 6.64. The Morgan fingerprint density at radius 2 is 0.500 bits per heavy atom. The van der Waals surface area contributed by atoms with Crippen molar-refractivity contribution in [3.05, 3.63) is 60.8 Å². The van der Waals surface area contributed by atoms with Gasteiger partial charge in [0.05, 0.1) is 0 Å². The van der Waals surface area contributed by atoms with Crippen molar-refractivity contribution in [1.82, 2.24) is 0 Å². The monoisotopic (exact) mass is 1030 g/mol. The lowest BCUT2D eigenvalue weighted by atomic mass is 10.1. The molecule has 0 aromatic heterocycles. The van der Waals surface area contributed by atoms with E-state index in [1.165, 1.54) is 218 Å². The molecule has 0 aromatic rings. The Kier molecular flexibility index (Phi) is 60.2. The molecule has 6 heteroatoms. The third-order valence-corrected chi connectivity index (χ3v) is 14.3. The second kappa shape index (κ2) is 62.6. The van der Waals surface area contributed by atoms with E-state index < -0.39 is 6.10 Å². The predicted octanol–water partition coefficient (Wildman–Crippen LogP) is 21.9. The number of esters is 3. The topological polar surface area (TPSA) is 78.9 Å². The maximum atomic E-state index is 12.9. The minimum atomic E-state index is -0.788. The molecule has 0 aliphatic heterocycles. The van der Waals surface area contributed by atoms with Crippen LogP contribution in [0.4, 0.5) is 0 Å². The first-order valence-corrected chi connectivity index (χ1v) is 32.3. The Morgan fingerprint density at radius 1 is 0.270 bits per heavy atom. The van der Waals surface area contributed by atoms with E-state index in [0.717, 1.165) is 77.0 Å². The lowest BCUT2D eigenvalue weighted by Crippen LogP contribution is -2.30. The summed E-state index contributed by atoms with van der Waals surface area (Å²) in [4.78, 5) is 38.3. The molecule has 1 unspecified atom stereocenters. The molecule has 0 aromatic carbocycles. The van der Waals surface area contributed by atoms with Gasteiger partial charge in [0.1, 0.15) is 13.2 Å². The molecule has 0 fully saturated rings. The highest BCUT2D eigenvalue weighted by Crippen LogP contribution is 2.16. The van der Waals surface area contributed by atoms with Crippen LogP contribution in [0.1, 0.15) is 335 Å². The third kappa shape index (κ3) is 60.0. The molecular weight excluding hydrogens is 913 g/mol. The van der Waals surface area contributed by atoms with Crippen molar-refractivity contribution < 1.29 is 28.6 Å². The number of carbonyl (C=O) groups excluding carboxylic acids is 3. The standard InChI is InChI=1S/C68H122O6/c1-4-7-10-13-16-19-22-25-28-31-34-37-40-43-46-49-52-55-58-61-67(70)73-64-65(63-72-66(69)60-57-54-51-48-45-42-39-36-33-30-27-24-21-18-15-12-9-6-3)74-68(71)62-59-56-53-50-47-44-41-38-35-32-29-26-23-20-17-14-11-8-5-2/h24,27,30-36,39,65H,4-23,25-26,28-29,37-38,40-64H2,1-3H3/b27-24-,33-30-,34-31-,35-32-,39-36-. The molecule has 0 heterocycles. The van der Waals surface area contributed by atoms with Gasteiger partial charge in [0.25, 0.3) is 0 Å². The molecule has 1 atom stereocenters. The van der Waals surface area contributed by atoms with Crippen LogP contribution < -0.4 is 0 Å². The number of hydrogen-bond acceptors (Lipinski definition) is 6. The van der Waals surface area contributed by atoms with E-state index in [9.17, 15) is 14.4 Å². The summed E-state index contributed by atoms with van der Waals surface area (Å²) in [7, 11) is 0. The number of hydrogen-bond donors (Lipinski definition) is 0. The second-order valence-corrected chi connectivity index (χ2v) is 21.7. The highest BCUT2D eigenvalue weighted by molar-refractivity contribution is 5.71. The van der Waals surface area contributed by atoms with E-state index in [2.05, 4.69) is 81.5 Å². The van der Waals surface area contributed by atoms with Crippen molar-refractivity contribution in [2.45, 2.75) is 341 Å². The Bertz CT molecular complexity index is 1330. The summed E-state index contributed by atoms with van der Waals surface area (Å²) in [6.07, 6.45) is 79.3. The minimum absolute atomic E-state index is 0.0834. The zero-order valence-corrected chi connectivity index (χ0v) is 49.4. The van der Waals surface area contributed by atoms with Crippen LogP contribution in [-0.2, 0) is 28.6 Å². The van der Waals surface area contributed by atoms with Gasteiger partial charge in [0.2, 0.25) is 0 Å². The largest absolute Gasteiger partial charge is 0.462 e. The van der Waals surface area contributed by atoms with E-state index in [0.29, 0.717) is 19.3 Å². The lowest BCUT2D eigenvalue weighted by Gasteiger charge is -2.18. The zero-order chi connectivity index (χ0) is 53.6. The van der Waals surface area contributed by atoms with Gasteiger partial charge >= 0.3 is 17.9 Å². The SMILES string of the molecule is CCCCCCC\C=C/C=C\C=C/CCCCCCCC(=O)OCC(COC(=O)CCCCCCCCC/C=C\CCCCCCCCCC)OC(=O)CCCCCCCCC/C=C\CCCCCCCCCC. The molecule has 0 radical (unpaired) electrons. The molecule has 0 saturated carbocycles. The second-order valence-electron chi connectivity index (χ2n) is 21.7. The number of unbranched alkanes of at least 4 members (excludes halogenated alkanes) is 40. The fourth-order valence-corrected chi connectivity index (χ4v) is 9.38. The van der Waals surface area contributed by atoms with Gasteiger partial charge < -0.3 is 14.2 Å². The van der Waals surface area contributed by atoms with Crippen LogP contribution >= 0.6 is 0 Å². The molecular formula is C68H122O6. The summed E-state index contributed by atoms with van der Waals surface area (Å²) >= 11 is 0. The van der Waals surface area contributed by atoms with Gasteiger partial charge in [-0.1, -0.05) is 281 Å². The van der Waals surface area contributed by atoms with E-state index in [1.807, 2.05) is 0 Å². The molecule has 0 aliphatic rings. The highest BCUT2D eigenvalue weighted by atomic mass is 16.6. The summed E-state index contributed by atoms with van der Waals surface area (Å²) in [5.41, 5.74) is 0. The Hall–Kier alpha value is -2.89. The summed E-state index contributed by atoms with van der Waals surface area (Å²) < 4.78 is 16.9. The highest BCUT2D eigenvalue weighted by Gasteiger charge is 2.19. The first kappa shape index (κ1) is 71.1. The summed E-state index contributed by atoms with van der Waals surface area (Å²) in [5.74, 6) is -0.895. The van der Waals surface area contributed by atoms with Crippen molar-refractivity contribution in [2.75, 3.05) is 13.2 Å². The van der Waals surface area contributed by atoms with E-state index in [4.69, 9.17) is 14.2 Å². The molecule has 0 spiro atoms. The van der Waals surface area contributed by atoms with Crippen LogP contribution in [0, 0.1) is 0 Å². The molecule has 0 bridgehead atoms. The van der Waals surface area contributed by atoms with E-state index in [1.54, 1.807) is 0 Å². The van der Waals surface area contributed by atoms with Gasteiger partial charge in [0, 0.05) is 19.3 Å². The van der Waals surface area contributed by atoms with Crippen LogP contribution in [-0.4, -0.2) is 37.2 Å². The van der Waals surface area contributed by atoms with Crippen molar-refractivity contribution in [2.24, 2.45) is 0 Å². The maximum absolute atomic E-state index is 12.9. The molecule has 0 rings (SSSR count). The Morgan fingerprint density at radius 3 is 0.784 bits per heavy atom. The summed E-state index contributed by atoms with van der Waals surface area (Å²) in [5, 5.41) is 0. The van der Waals surface area contributed by atoms with E-state index >= 15 is 0 Å². The fourth-order valence-electron chi connectivity index (χ4n) is 9.38. The predicted molar refractivity (Wildman–Crippen MR) is 321 cm³/mol. The average Bonchev–Trinajstić information content (AvgIpc) is 3.40. The molecule has 0 N–H and O–H groups in total. The van der Waals surface area contributed by atoms with Crippen molar-refractivity contribution in [3.8, 4) is 0 Å². The van der Waals surface area contributed by atoms with Crippen LogP contribution in [0.2, 0.25) is 0 Å². The normalized spacial score (nSPS) is 12.4. The van der Waals surface area contributed by atoms with Crippen LogP contribution in [0.3, 0.4) is 0 Å². The minimum Gasteiger partial charge on any atom is -0.462 e. The first-order valence-electron chi connectivity index (χ1n) is 32.3. The molecule has 0 amide bonds. The molecule has 0 saturated heterocycles. The quantitative estimate of drug-likeness (QED) is 0.0199. The molecule has 430 valence electrons. The first-order chi connectivity index (χ1) is 36.5. The van der Waals surface area contributed by atoms with Crippen LogP contribution in [0.25, 0.3) is 0 Å². The van der Waals surface area contributed by atoms with Gasteiger partial charge in [0.15, 0.2) is 6.10 Å². The molecule has 6 nitrogen and oxygen atoms in total. The van der Waals surface area contributed by atoms with Gasteiger partial charge in [-0.15, -0.1) is 0 Å². The number of ether oxygens (including phenoxy) is 3. The average molecular weight is 1040 g/mol. The molecule has 0 aliphatic carbocycles. The fraction of sp³-hybridized carbons (Fsp3) is 0.809. The third-order valence-electron chi connectivity index (χ3n) is 14.3. The lowest BCUT2D eigenvalue weighted by molar-refractivity contribution is -0.167. The number of allylic oxidation sites excluding steroid dienone is 10. The molecule has 74 heavy (non-hydrogen) atoms. The van der Waals surface area contributed by atoms with Gasteiger partial charge in [-0.05, 0) is 96.3 Å². The Labute approximate surface area is 460 Å². The number of carbonyl (C=O) groups is 3. The Balaban J connectivity index is 4.41. The number of rotatable bonds is 59. The maximum Gasteiger partial charge on any atom is 0.306 e.